The number of H-pyrrole nitrogens is 1. The SMILES string of the molecule is Fc1ccc2nc(-c3ccc(N4CCCC4)cc3)[nH]c2c1. The molecule has 1 fully saturated rings. The molecule has 0 spiro atoms. The Bertz CT molecular complexity index is 770. The van der Waals surface area contributed by atoms with Crippen molar-refractivity contribution in [3.63, 3.8) is 0 Å². The molecular weight excluding hydrogens is 265 g/mol. The Kier molecular flexibility index (Phi) is 2.88. The molecule has 3 nitrogen and oxygen atoms in total. The van der Waals surface area contributed by atoms with E-state index in [9.17, 15) is 4.39 Å². The van der Waals surface area contributed by atoms with E-state index < -0.39 is 0 Å². The van der Waals surface area contributed by atoms with Crippen LogP contribution >= 0.6 is 0 Å². The van der Waals surface area contributed by atoms with Crippen molar-refractivity contribution in [3.05, 3.63) is 48.3 Å². The van der Waals surface area contributed by atoms with Gasteiger partial charge in [0.2, 0.25) is 0 Å². The summed E-state index contributed by atoms with van der Waals surface area (Å²) in [5, 5.41) is 0. The zero-order valence-corrected chi connectivity index (χ0v) is 11.6. The Morgan fingerprint density at radius 3 is 2.52 bits per heavy atom. The first-order chi connectivity index (χ1) is 10.3. The lowest BCUT2D eigenvalue weighted by Crippen LogP contribution is -2.17. The van der Waals surface area contributed by atoms with Crippen molar-refractivity contribution >= 4 is 16.7 Å². The smallest absolute Gasteiger partial charge is 0.138 e. The van der Waals surface area contributed by atoms with E-state index >= 15 is 0 Å². The van der Waals surface area contributed by atoms with Gasteiger partial charge in [0.05, 0.1) is 11.0 Å². The van der Waals surface area contributed by atoms with Crippen LogP contribution < -0.4 is 4.90 Å². The standard InChI is InChI=1S/C17H16FN3/c18-13-5-8-15-16(11-13)20-17(19-15)12-3-6-14(7-4-12)21-9-1-2-10-21/h3-8,11H,1-2,9-10H2,(H,19,20). The first-order valence-electron chi connectivity index (χ1n) is 7.30. The normalized spacial score (nSPS) is 15.0. The van der Waals surface area contributed by atoms with Crippen molar-refractivity contribution in [2.24, 2.45) is 0 Å². The zero-order chi connectivity index (χ0) is 14.2. The van der Waals surface area contributed by atoms with Crippen LogP contribution in [0.3, 0.4) is 0 Å². The fourth-order valence-electron chi connectivity index (χ4n) is 2.92. The molecule has 2 heterocycles. The van der Waals surface area contributed by atoms with Crippen molar-refractivity contribution < 1.29 is 4.39 Å². The molecule has 3 aromatic rings. The molecule has 0 radical (unpaired) electrons. The maximum Gasteiger partial charge on any atom is 0.138 e. The Morgan fingerprint density at radius 2 is 1.76 bits per heavy atom. The van der Waals surface area contributed by atoms with Gasteiger partial charge >= 0.3 is 0 Å². The minimum absolute atomic E-state index is 0.248. The average molecular weight is 281 g/mol. The molecule has 1 aliphatic rings. The van der Waals surface area contributed by atoms with Crippen molar-refractivity contribution in [3.8, 4) is 11.4 Å². The summed E-state index contributed by atoms with van der Waals surface area (Å²) in [6, 6.07) is 13.0. The van der Waals surface area contributed by atoms with Crippen LogP contribution in [0.25, 0.3) is 22.4 Å². The molecule has 0 saturated carbocycles. The van der Waals surface area contributed by atoms with Crippen LogP contribution in [0.4, 0.5) is 10.1 Å². The number of rotatable bonds is 2. The zero-order valence-electron chi connectivity index (χ0n) is 11.6. The Balaban J connectivity index is 1.67. The highest BCUT2D eigenvalue weighted by atomic mass is 19.1. The molecule has 4 heteroatoms. The highest BCUT2D eigenvalue weighted by Crippen LogP contribution is 2.25. The molecule has 21 heavy (non-hydrogen) atoms. The van der Waals surface area contributed by atoms with Gasteiger partial charge in [-0.25, -0.2) is 9.37 Å². The van der Waals surface area contributed by atoms with E-state index in [2.05, 4.69) is 39.1 Å². The predicted octanol–water partition coefficient (Wildman–Crippen LogP) is 3.97. The van der Waals surface area contributed by atoms with Gasteiger partial charge in [-0.2, -0.15) is 0 Å². The molecule has 1 aromatic heterocycles. The third kappa shape index (κ3) is 2.27. The first-order valence-corrected chi connectivity index (χ1v) is 7.30. The van der Waals surface area contributed by atoms with Crippen molar-refractivity contribution in [2.75, 3.05) is 18.0 Å². The van der Waals surface area contributed by atoms with Crippen molar-refractivity contribution in [1.82, 2.24) is 9.97 Å². The number of aromatic nitrogens is 2. The van der Waals surface area contributed by atoms with E-state index in [-0.39, 0.29) is 5.82 Å². The molecule has 0 aliphatic carbocycles. The van der Waals surface area contributed by atoms with E-state index in [1.165, 1.54) is 30.7 Å². The van der Waals surface area contributed by atoms with E-state index in [0.717, 1.165) is 35.5 Å². The number of hydrogen-bond acceptors (Lipinski definition) is 2. The second-order valence-corrected chi connectivity index (χ2v) is 5.49. The van der Waals surface area contributed by atoms with Gasteiger partial charge in [0.1, 0.15) is 11.6 Å². The highest BCUT2D eigenvalue weighted by molar-refractivity contribution is 5.79. The number of fused-ring (bicyclic) bond motifs is 1. The number of benzene rings is 2. The molecule has 0 bridgehead atoms. The molecule has 1 aliphatic heterocycles. The summed E-state index contributed by atoms with van der Waals surface area (Å²) < 4.78 is 13.2. The van der Waals surface area contributed by atoms with Gasteiger partial charge in [0.15, 0.2) is 0 Å². The number of halogens is 1. The topological polar surface area (TPSA) is 31.9 Å². The molecule has 2 aromatic carbocycles. The van der Waals surface area contributed by atoms with E-state index in [1.54, 1.807) is 6.07 Å². The van der Waals surface area contributed by atoms with Gasteiger partial charge in [-0.15, -0.1) is 0 Å². The second-order valence-electron chi connectivity index (χ2n) is 5.49. The number of nitrogens with one attached hydrogen (secondary N) is 1. The Labute approximate surface area is 122 Å². The average Bonchev–Trinajstić information content (AvgIpc) is 3.16. The minimum atomic E-state index is -0.248. The fourth-order valence-corrected chi connectivity index (χ4v) is 2.92. The molecule has 106 valence electrons. The van der Waals surface area contributed by atoms with E-state index in [0.29, 0.717) is 0 Å². The lowest BCUT2D eigenvalue weighted by atomic mass is 10.2. The third-order valence-electron chi connectivity index (χ3n) is 4.06. The molecule has 0 amide bonds. The summed E-state index contributed by atoms with van der Waals surface area (Å²) in [6.07, 6.45) is 2.55. The van der Waals surface area contributed by atoms with Crippen LogP contribution in [-0.2, 0) is 0 Å². The summed E-state index contributed by atoms with van der Waals surface area (Å²) in [6.45, 7) is 2.28. The molecule has 4 rings (SSSR count). The number of aromatic amines is 1. The number of nitrogens with zero attached hydrogens (tertiary/aromatic N) is 2. The van der Waals surface area contributed by atoms with Crippen LogP contribution in [0.15, 0.2) is 42.5 Å². The molecule has 0 unspecified atom stereocenters. The molecule has 1 saturated heterocycles. The van der Waals surface area contributed by atoms with E-state index in [4.69, 9.17) is 0 Å². The summed E-state index contributed by atoms with van der Waals surface area (Å²) in [4.78, 5) is 10.1. The van der Waals surface area contributed by atoms with Gasteiger partial charge < -0.3 is 9.88 Å². The van der Waals surface area contributed by atoms with Crippen LogP contribution in [0.1, 0.15) is 12.8 Å². The molecule has 1 N–H and O–H groups in total. The van der Waals surface area contributed by atoms with Gasteiger partial charge in [0.25, 0.3) is 0 Å². The minimum Gasteiger partial charge on any atom is -0.372 e. The van der Waals surface area contributed by atoms with E-state index in [1.807, 2.05) is 0 Å². The summed E-state index contributed by atoms with van der Waals surface area (Å²) in [5.41, 5.74) is 3.80. The van der Waals surface area contributed by atoms with Gasteiger partial charge in [-0.05, 0) is 55.3 Å². The molecule has 0 atom stereocenters. The Morgan fingerprint density at radius 1 is 1.00 bits per heavy atom. The van der Waals surface area contributed by atoms with Crippen LogP contribution in [0.5, 0.6) is 0 Å². The van der Waals surface area contributed by atoms with Crippen LogP contribution in [0.2, 0.25) is 0 Å². The monoisotopic (exact) mass is 281 g/mol. The second kappa shape index (κ2) is 4.88. The number of hydrogen-bond donors (Lipinski definition) is 1. The summed E-state index contributed by atoms with van der Waals surface area (Å²) in [5.74, 6) is 0.533. The van der Waals surface area contributed by atoms with Crippen LogP contribution in [0, 0.1) is 5.82 Å². The van der Waals surface area contributed by atoms with Crippen molar-refractivity contribution in [2.45, 2.75) is 12.8 Å². The fraction of sp³-hybridized carbons (Fsp3) is 0.235. The van der Waals surface area contributed by atoms with Crippen molar-refractivity contribution in [1.29, 1.82) is 0 Å². The van der Waals surface area contributed by atoms with Gasteiger partial charge in [0, 0.05) is 24.3 Å². The largest absolute Gasteiger partial charge is 0.372 e. The number of anilines is 1. The summed E-state index contributed by atoms with van der Waals surface area (Å²) in [7, 11) is 0. The maximum atomic E-state index is 13.2. The maximum absolute atomic E-state index is 13.2. The van der Waals surface area contributed by atoms with Crippen LogP contribution in [-0.4, -0.2) is 23.1 Å². The van der Waals surface area contributed by atoms with Gasteiger partial charge in [-0.3, -0.25) is 0 Å². The van der Waals surface area contributed by atoms with Gasteiger partial charge in [-0.1, -0.05) is 0 Å². The summed E-state index contributed by atoms with van der Waals surface area (Å²) >= 11 is 0. The molecular formula is C17H16FN3. The highest BCUT2D eigenvalue weighted by Gasteiger charge is 2.12. The Hall–Kier alpha value is -2.36. The first kappa shape index (κ1) is 12.4. The lowest BCUT2D eigenvalue weighted by molar-refractivity contribution is 0.629. The lowest BCUT2D eigenvalue weighted by Gasteiger charge is -2.17. The third-order valence-corrected chi connectivity index (χ3v) is 4.06. The number of imidazole rings is 1. The quantitative estimate of drug-likeness (QED) is 0.770. The predicted molar refractivity (Wildman–Crippen MR) is 82.9 cm³/mol.